The Bertz CT molecular complexity index is 923. The van der Waals surface area contributed by atoms with E-state index in [0.29, 0.717) is 0 Å². The van der Waals surface area contributed by atoms with Crippen molar-refractivity contribution in [3.63, 3.8) is 0 Å². The summed E-state index contributed by atoms with van der Waals surface area (Å²) in [4.78, 5) is 1.16. The second kappa shape index (κ2) is 5.78. The number of hydrogen-bond donors (Lipinski definition) is 0. The van der Waals surface area contributed by atoms with Gasteiger partial charge in [-0.15, -0.1) is 11.3 Å². The summed E-state index contributed by atoms with van der Waals surface area (Å²) < 4.78 is 1.78. The fourth-order valence-electron chi connectivity index (χ4n) is 2.68. The molecule has 0 unspecified atom stereocenters. The zero-order valence-corrected chi connectivity index (χ0v) is 13.2. The Morgan fingerprint density at radius 3 is 2.00 bits per heavy atom. The van der Waals surface area contributed by atoms with E-state index in [4.69, 9.17) is 0 Å². The Morgan fingerprint density at radius 2 is 1.30 bits per heavy atom. The van der Waals surface area contributed by atoms with Gasteiger partial charge in [0.05, 0.1) is 10.7 Å². The summed E-state index contributed by atoms with van der Waals surface area (Å²) in [5.41, 5.74) is 3.14. The number of rotatable bonds is 3. The molecule has 0 amide bonds. The fourth-order valence-corrected chi connectivity index (χ4v) is 3.72. The molecule has 23 heavy (non-hydrogen) atoms. The summed E-state index contributed by atoms with van der Waals surface area (Å²) in [5.74, 6) is 0.00492. The Kier molecular flexibility index (Phi) is 3.48. The van der Waals surface area contributed by atoms with Gasteiger partial charge in [0.2, 0.25) is 0 Å². The van der Waals surface area contributed by atoms with Gasteiger partial charge in [0, 0.05) is 4.88 Å². The molecule has 0 N–H and O–H groups in total. The van der Waals surface area contributed by atoms with Crippen molar-refractivity contribution >= 4 is 11.3 Å². The van der Waals surface area contributed by atoms with Gasteiger partial charge in [0.15, 0.2) is 0 Å². The molecule has 0 aliphatic rings. The molecule has 2 aromatic carbocycles. The van der Waals surface area contributed by atoms with Gasteiger partial charge < -0.3 is 9.67 Å². The zero-order valence-electron chi connectivity index (χ0n) is 12.3. The predicted octanol–water partition coefficient (Wildman–Crippen LogP) is 4.95. The van der Waals surface area contributed by atoms with Crippen LogP contribution < -0.4 is 5.11 Å². The van der Waals surface area contributed by atoms with Gasteiger partial charge >= 0.3 is 0 Å². The van der Waals surface area contributed by atoms with Crippen LogP contribution in [0.15, 0.2) is 84.9 Å². The molecule has 2 heterocycles. The monoisotopic (exact) mass is 316 g/mol. The van der Waals surface area contributed by atoms with Crippen molar-refractivity contribution in [2.45, 2.75) is 0 Å². The maximum absolute atomic E-state index is 12.3. The van der Waals surface area contributed by atoms with E-state index in [1.54, 1.807) is 22.0 Å². The van der Waals surface area contributed by atoms with Crippen molar-refractivity contribution in [3.8, 4) is 32.6 Å². The second-order valence-electron chi connectivity index (χ2n) is 5.26. The quantitative estimate of drug-likeness (QED) is 0.526. The molecule has 0 aliphatic carbocycles. The van der Waals surface area contributed by atoms with Crippen LogP contribution in [0.5, 0.6) is 5.88 Å². The third kappa shape index (κ3) is 2.56. The number of benzene rings is 2. The summed E-state index contributed by atoms with van der Waals surface area (Å²) in [7, 11) is 0. The first kappa shape index (κ1) is 13.9. The standard InChI is InChI=1S/C20H15NOS/c22-19-13-11-17(15-7-3-1-4-8-15)21(19)20-14-12-18(23-20)16-9-5-2-6-10-16/h1-14,22H/p-1. The highest BCUT2D eigenvalue weighted by molar-refractivity contribution is 7.17. The fraction of sp³-hybridized carbons (Fsp3) is 0. The van der Waals surface area contributed by atoms with Crippen LogP contribution in [0, 0.1) is 0 Å². The summed E-state index contributed by atoms with van der Waals surface area (Å²) >= 11 is 1.63. The first-order chi connectivity index (χ1) is 11.3. The lowest BCUT2D eigenvalue weighted by Gasteiger charge is -2.14. The first-order valence-corrected chi connectivity index (χ1v) is 8.24. The van der Waals surface area contributed by atoms with Gasteiger partial charge in [-0.2, -0.15) is 0 Å². The van der Waals surface area contributed by atoms with Gasteiger partial charge in [0.1, 0.15) is 0 Å². The molecule has 0 bridgehead atoms. The minimum absolute atomic E-state index is 0.00492. The molecule has 0 saturated carbocycles. The van der Waals surface area contributed by atoms with E-state index >= 15 is 0 Å². The summed E-state index contributed by atoms with van der Waals surface area (Å²) in [6.07, 6.45) is 0. The van der Waals surface area contributed by atoms with E-state index in [0.717, 1.165) is 21.1 Å². The Balaban J connectivity index is 1.81. The van der Waals surface area contributed by atoms with E-state index in [-0.39, 0.29) is 5.88 Å². The molecule has 0 atom stereocenters. The molecule has 112 valence electrons. The average molecular weight is 316 g/mol. The zero-order chi connectivity index (χ0) is 15.6. The van der Waals surface area contributed by atoms with Crippen molar-refractivity contribution in [2.24, 2.45) is 0 Å². The van der Waals surface area contributed by atoms with Crippen LogP contribution >= 0.6 is 11.3 Å². The van der Waals surface area contributed by atoms with Gasteiger partial charge in [-0.05, 0) is 35.2 Å². The summed E-state index contributed by atoms with van der Waals surface area (Å²) in [5, 5.41) is 13.3. The average Bonchev–Trinajstić information content (AvgIpc) is 3.23. The highest BCUT2D eigenvalue weighted by Gasteiger charge is 2.10. The van der Waals surface area contributed by atoms with Gasteiger partial charge in [-0.3, -0.25) is 0 Å². The molecule has 4 aromatic rings. The van der Waals surface area contributed by atoms with Gasteiger partial charge in [-0.1, -0.05) is 66.7 Å². The largest absolute Gasteiger partial charge is 0.860 e. The molecule has 3 heteroatoms. The van der Waals surface area contributed by atoms with E-state index in [2.05, 4.69) is 18.2 Å². The molecule has 0 fully saturated rings. The van der Waals surface area contributed by atoms with E-state index in [1.807, 2.05) is 60.7 Å². The minimum Gasteiger partial charge on any atom is -0.860 e. The Hall–Kier alpha value is -2.78. The van der Waals surface area contributed by atoms with E-state index in [1.165, 1.54) is 5.56 Å². The predicted molar refractivity (Wildman–Crippen MR) is 94.0 cm³/mol. The van der Waals surface area contributed by atoms with E-state index in [9.17, 15) is 5.11 Å². The smallest absolute Gasteiger partial charge is 0.0995 e. The molecule has 0 spiro atoms. The van der Waals surface area contributed by atoms with Crippen molar-refractivity contribution in [1.82, 2.24) is 4.57 Å². The molecular weight excluding hydrogens is 302 g/mol. The number of thiophene rings is 1. The Labute approximate surface area is 138 Å². The summed E-state index contributed by atoms with van der Waals surface area (Å²) in [6, 6.07) is 27.8. The van der Waals surface area contributed by atoms with Crippen molar-refractivity contribution < 1.29 is 5.11 Å². The van der Waals surface area contributed by atoms with Crippen LogP contribution in [0.1, 0.15) is 0 Å². The highest BCUT2D eigenvalue weighted by Crippen LogP contribution is 2.35. The molecule has 0 radical (unpaired) electrons. The highest BCUT2D eigenvalue weighted by atomic mass is 32.1. The van der Waals surface area contributed by atoms with Crippen molar-refractivity contribution in [3.05, 3.63) is 84.9 Å². The lowest BCUT2D eigenvalue weighted by Crippen LogP contribution is -2.01. The van der Waals surface area contributed by atoms with Crippen LogP contribution in [-0.4, -0.2) is 4.57 Å². The lowest BCUT2D eigenvalue weighted by atomic mass is 10.1. The third-order valence-corrected chi connectivity index (χ3v) is 4.90. The maximum atomic E-state index is 12.3. The molecule has 2 nitrogen and oxygen atoms in total. The molecule has 0 aliphatic heterocycles. The molecule has 2 aromatic heterocycles. The van der Waals surface area contributed by atoms with Crippen LogP contribution in [0.2, 0.25) is 0 Å². The van der Waals surface area contributed by atoms with Crippen LogP contribution in [0.3, 0.4) is 0 Å². The van der Waals surface area contributed by atoms with Crippen LogP contribution in [0.25, 0.3) is 26.7 Å². The number of nitrogens with zero attached hydrogens (tertiary/aromatic N) is 1. The summed E-state index contributed by atoms with van der Waals surface area (Å²) in [6.45, 7) is 0. The first-order valence-electron chi connectivity index (χ1n) is 7.43. The molecule has 0 saturated heterocycles. The van der Waals surface area contributed by atoms with Crippen LogP contribution in [0.4, 0.5) is 0 Å². The molecular formula is C20H14NOS-. The second-order valence-corrected chi connectivity index (χ2v) is 6.32. The third-order valence-electron chi connectivity index (χ3n) is 3.79. The normalized spacial score (nSPS) is 10.8. The van der Waals surface area contributed by atoms with Crippen molar-refractivity contribution in [1.29, 1.82) is 0 Å². The number of hydrogen-bond acceptors (Lipinski definition) is 2. The Morgan fingerprint density at radius 1 is 0.652 bits per heavy atom. The molecule has 4 rings (SSSR count). The van der Waals surface area contributed by atoms with Crippen molar-refractivity contribution in [2.75, 3.05) is 0 Å². The number of aromatic nitrogens is 1. The maximum Gasteiger partial charge on any atom is 0.0995 e. The topological polar surface area (TPSA) is 28.0 Å². The van der Waals surface area contributed by atoms with Gasteiger partial charge in [-0.25, -0.2) is 0 Å². The van der Waals surface area contributed by atoms with Crippen LogP contribution in [-0.2, 0) is 0 Å². The van der Waals surface area contributed by atoms with Gasteiger partial charge in [0.25, 0.3) is 0 Å². The SMILES string of the molecule is [O-]c1ccc(-c2ccccc2)n1-c1ccc(-c2ccccc2)s1. The lowest BCUT2D eigenvalue weighted by molar-refractivity contribution is -0.276. The minimum atomic E-state index is 0.00492. The van der Waals surface area contributed by atoms with E-state index < -0.39 is 0 Å².